The number of nitrogens with one attached hydrogen (secondary N) is 3. The largest absolute Gasteiger partial charge is 0.395 e. The van der Waals surface area contributed by atoms with Gasteiger partial charge in [-0.1, -0.05) is 50.3 Å². The third-order valence-corrected chi connectivity index (χ3v) is 12.7. The van der Waals surface area contributed by atoms with Gasteiger partial charge < -0.3 is 30.7 Å². The lowest BCUT2D eigenvalue weighted by Gasteiger charge is -2.46. The highest BCUT2D eigenvalue weighted by molar-refractivity contribution is 5.96. The van der Waals surface area contributed by atoms with Crippen molar-refractivity contribution in [2.45, 2.75) is 71.4 Å². The lowest BCUT2D eigenvalue weighted by molar-refractivity contribution is -0.203. The van der Waals surface area contributed by atoms with Crippen LogP contribution in [0.5, 0.6) is 0 Å². The number of nitrogens with zero attached hydrogens (tertiary/aromatic N) is 4. The lowest BCUT2D eigenvalue weighted by atomic mass is 9.62. The van der Waals surface area contributed by atoms with Crippen LogP contribution in [0.2, 0.25) is 0 Å². The Labute approximate surface area is 313 Å². The molecule has 0 bridgehead atoms. The number of benzene rings is 2. The van der Waals surface area contributed by atoms with Crippen LogP contribution in [0.1, 0.15) is 55.4 Å². The first-order valence-electron chi connectivity index (χ1n) is 18.8. The summed E-state index contributed by atoms with van der Waals surface area (Å²) >= 11 is 0. The Morgan fingerprint density at radius 3 is 2.41 bits per heavy atom. The first-order chi connectivity index (χ1) is 25.7. The van der Waals surface area contributed by atoms with Gasteiger partial charge in [0.1, 0.15) is 12.7 Å². The average Bonchev–Trinajstić information content (AvgIpc) is 3.61. The number of amides is 5. The highest BCUT2D eigenvalue weighted by Crippen LogP contribution is 2.57. The monoisotopic (exact) mass is 747 g/mol. The molecule has 0 aromatic heterocycles. The maximum absolute atomic E-state index is 14.7. The van der Waals surface area contributed by atoms with Gasteiger partial charge in [0.15, 0.2) is 0 Å². The third kappa shape index (κ3) is 6.56. The van der Waals surface area contributed by atoms with Gasteiger partial charge in [-0.05, 0) is 79.6 Å². The molecule has 4 heterocycles. The summed E-state index contributed by atoms with van der Waals surface area (Å²) in [6.45, 7) is 4.32. The first-order valence-corrected chi connectivity index (χ1v) is 18.8. The summed E-state index contributed by atoms with van der Waals surface area (Å²) in [4.78, 5) is 63.9. The van der Waals surface area contributed by atoms with Crippen molar-refractivity contribution in [1.82, 2.24) is 25.3 Å². The molecule has 14 heteroatoms. The maximum Gasteiger partial charge on any atom is 0.395 e. The minimum absolute atomic E-state index is 0.0242. The number of hydrogen-bond donors (Lipinski definition) is 3. The normalized spacial score (nSPS) is 25.6. The summed E-state index contributed by atoms with van der Waals surface area (Å²) in [5, 5.41) is 9.25. The van der Waals surface area contributed by atoms with Crippen molar-refractivity contribution in [2.75, 3.05) is 45.1 Å². The van der Waals surface area contributed by atoms with E-state index in [2.05, 4.69) is 33.9 Å². The van der Waals surface area contributed by atoms with Crippen LogP contribution in [-0.4, -0.2) is 96.8 Å². The molecule has 3 atom stereocenters. The highest BCUT2D eigenvalue weighted by atomic mass is 19.4. The summed E-state index contributed by atoms with van der Waals surface area (Å²) in [6, 6.07) is 13.0. The number of fused-ring (bicyclic) bond motifs is 3. The zero-order chi connectivity index (χ0) is 38.5. The lowest BCUT2D eigenvalue weighted by Crippen LogP contribution is -2.60. The molecule has 3 fully saturated rings. The Morgan fingerprint density at radius 2 is 1.72 bits per heavy atom. The topological polar surface area (TPSA) is 126 Å². The zero-order valence-electron chi connectivity index (χ0n) is 31.0. The molecule has 54 heavy (non-hydrogen) atoms. The minimum atomic E-state index is -4.33. The number of anilines is 1. The number of carbonyl (C=O) groups is 4. The molecule has 288 valence electrons. The van der Waals surface area contributed by atoms with E-state index in [1.165, 1.54) is 4.90 Å². The van der Waals surface area contributed by atoms with Crippen LogP contribution in [0.25, 0.3) is 0 Å². The van der Waals surface area contributed by atoms with E-state index in [9.17, 15) is 32.3 Å². The van der Waals surface area contributed by atoms with Gasteiger partial charge in [-0.3, -0.25) is 19.4 Å². The van der Waals surface area contributed by atoms with Crippen LogP contribution in [0.15, 0.2) is 59.6 Å². The second-order valence-electron chi connectivity index (χ2n) is 15.8. The van der Waals surface area contributed by atoms with Crippen molar-refractivity contribution in [3.63, 3.8) is 0 Å². The number of urea groups is 1. The molecule has 3 saturated heterocycles. The van der Waals surface area contributed by atoms with Crippen LogP contribution < -0.4 is 16.0 Å². The summed E-state index contributed by atoms with van der Waals surface area (Å²) in [5.41, 5.74) is 2.48. The molecular weight excluding hydrogens is 699 g/mol. The average molecular weight is 748 g/mol. The van der Waals surface area contributed by atoms with Crippen LogP contribution in [0.3, 0.4) is 0 Å². The number of aliphatic imine (C=N–C) groups is 1. The van der Waals surface area contributed by atoms with E-state index in [0.717, 1.165) is 22.3 Å². The van der Waals surface area contributed by atoms with E-state index in [1.807, 2.05) is 62.5 Å². The molecule has 0 saturated carbocycles. The molecule has 11 nitrogen and oxygen atoms in total. The fourth-order valence-electron chi connectivity index (χ4n) is 9.11. The Hall–Kier alpha value is -4.72. The summed E-state index contributed by atoms with van der Waals surface area (Å²) in [7, 11) is 1.84. The zero-order valence-corrected chi connectivity index (χ0v) is 31.0. The minimum Gasteiger partial charge on any atom is -0.333 e. The fourth-order valence-corrected chi connectivity index (χ4v) is 9.11. The van der Waals surface area contributed by atoms with E-state index in [4.69, 9.17) is 0 Å². The number of allylic oxidation sites excluding steroid dienone is 1. The number of alkyl halides is 3. The highest BCUT2D eigenvalue weighted by Gasteiger charge is 2.64. The summed E-state index contributed by atoms with van der Waals surface area (Å²) < 4.78 is 39.2. The number of dihydropyridines is 1. The number of hydrogen-bond acceptors (Lipinski definition) is 6. The third-order valence-electron chi connectivity index (χ3n) is 12.7. The molecule has 5 aliphatic rings. The standard InChI is InChI=1S/C40H48F3N7O4/c1-4-38(13-16-48(17-14-38)36(54)50-23-30(24-50)40(41,42)43)35(53)49(22-28-9-6-5-8-27(28)21-44-3)25-32(51)46-31-11-10-26-19-39(20-29(26)18-31)34(52)47-33-37(39,2)12-7-15-45-33/h5-12,15,18,30,33,44H,4,13-14,16-17,19-25H2,1-3H3,(H,46,51)(H,47,52)/t33?,37?,39-/m0/s1. The molecule has 4 aliphatic heterocycles. The van der Waals surface area contributed by atoms with Crippen LogP contribution in [-0.2, 0) is 40.3 Å². The predicted octanol–water partition coefficient (Wildman–Crippen LogP) is 4.67. The Kier molecular flexibility index (Phi) is 9.86. The number of rotatable bonds is 9. The van der Waals surface area contributed by atoms with Crippen molar-refractivity contribution in [3.8, 4) is 0 Å². The van der Waals surface area contributed by atoms with Gasteiger partial charge >= 0.3 is 12.2 Å². The van der Waals surface area contributed by atoms with Gasteiger partial charge in [-0.15, -0.1) is 0 Å². The van der Waals surface area contributed by atoms with Gasteiger partial charge in [0, 0.05) is 56.6 Å². The SMILES string of the molecule is CCC1(C(=O)N(CC(=O)Nc2ccc3c(c2)C[C@@]2(C3)C(=O)NC3N=CC=CC32C)Cc2ccccc2CNC)CCN(C(=O)N2CC(C(F)(F)F)C2)CC1. The van der Waals surface area contributed by atoms with E-state index in [0.29, 0.717) is 44.3 Å². The quantitative estimate of drug-likeness (QED) is 0.344. The van der Waals surface area contributed by atoms with Crippen LogP contribution >= 0.6 is 0 Å². The maximum atomic E-state index is 14.7. The molecule has 2 aromatic carbocycles. The molecule has 1 aliphatic carbocycles. The molecule has 3 N–H and O–H groups in total. The summed E-state index contributed by atoms with van der Waals surface area (Å²) in [6.07, 6.45) is 3.25. The van der Waals surface area contributed by atoms with Crippen molar-refractivity contribution in [3.05, 3.63) is 76.9 Å². The van der Waals surface area contributed by atoms with Crippen LogP contribution in [0.4, 0.5) is 23.7 Å². The van der Waals surface area contributed by atoms with Crippen LogP contribution in [0, 0.1) is 22.2 Å². The van der Waals surface area contributed by atoms with Gasteiger partial charge in [0.05, 0.1) is 16.7 Å². The molecule has 2 unspecified atom stereocenters. The van der Waals surface area contributed by atoms with E-state index in [1.54, 1.807) is 16.0 Å². The van der Waals surface area contributed by atoms with E-state index in [-0.39, 0.29) is 63.2 Å². The second kappa shape index (κ2) is 14.2. The molecule has 7 rings (SSSR count). The van der Waals surface area contributed by atoms with Crippen molar-refractivity contribution in [1.29, 1.82) is 0 Å². The molecule has 5 amide bonds. The van der Waals surface area contributed by atoms with E-state index >= 15 is 0 Å². The molecular formula is C40H48F3N7O4. The van der Waals surface area contributed by atoms with Gasteiger partial charge in [-0.2, -0.15) is 13.2 Å². The van der Waals surface area contributed by atoms with Crippen molar-refractivity contribution < 1.29 is 32.3 Å². The summed E-state index contributed by atoms with van der Waals surface area (Å²) in [5.74, 6) is -2.09. The number of likely N-dealkylation sites (tertiary alicyclic amines) is 2. The number of piperidine rings is 1. The Morgan fingerprint density at radius 1 is 1.02 bits per heavy atom. The molecule has 2 aromatic rings. The van der Waals surface area contributed by atoms with E-state index < -0.39 is 34.4 Å². The second-order valence-corrected chi connectivity index (χ2v) is 15.8. The van der Waals surface area contributed by atoms with Crippen molar-refractivity contribution in [2.24, 2.45) is 27.2 Å². The Balaban J connectivity index is 1.06. The Bertz CT molecular complexity index is 1880. The van der Waals surface area contributed by atoms with Crippen molar-refractivity contribution >= 4 is 35.7 Å². The predicted molar refractivity (Wildman–Crippen MR) is 197 cm³/mol. The smallest absolute Gasteiger partial charge is 0.333 e. The van der Waals surface area contributed by atoms with Gasteiger partial charge in [0.2, 0.25) is 17.7 Å². The van der Waals surface area contributed by atoms with Gasteiger partial charge in [-0.25, -0.2) is 4.79 Å². The van der Waals surface area contributed by atoms with Gasteiger partial charge in [0.25, 0.3) is 0 Å². The number of carbonyl (C=O) groups excluding carboxylic acids is 4. The molecule has 1 spiro atoms. The number of halogens is 3. The molecule has 0 radical (unpaired) electrons. The first kappa shape index (κ1) is 37.6. The fraction of sp³-hybridized carbons (Fsp3) is 0.525.